The molecule has 0 unspecified atom stereocenters. The van der Waals surface area contributed by atoms with Gasteiger partial charge in [-0.15, -0.1) is 0 Å². The van der Waals surface area contributed by atoms with Crippen molar-refractivity contribution in [3.63, 3.8) is 0 Å². The number of aromatic amines is 1. The number of para-hydroxylation sites is 1. The summed E-state index contributed by atoms with van der Waals surface area (Å²) >= 11 is 0. The molecule has 4 nitrogen and oxygen atoms in total. The van der Waals surface area contributed by atoms with Crippen LogP contribution in [0.25, 0.3) is 10.9 Å². The Bertz CT molecular complexity index is 866. The summed E-state index contributed by atoms with van der Waals surface area (Å²) < 4.78 is 0. The minimum Gasteiger partial charge on any atom is -0.357 e. The van der Waals surface area contributed by atoms with Gasteiger partial charge >= 0.3 is 0 Å². The number of aromatic nitrogens is 1. The number of nitrogens with one attached hydrogen (secondary N) is 2. The number of carbonyl (C=O) groups is 1. The number of fused-ring (bicyclic) bond motifs is 5. The Morgan fingerprint density at radius 1 is 1.21 bits per heavy atom. The van der Waals surface area contributed by atoms with E-state index in [4.69, 9.17) is 0 Å². The fourth-order valence-electron chi connectivity index (χ4n) is 6.34. The van der Waals surface area contributed by atoms with Crippen LogP contribution in [0.15, 0.2) is 24.3 Å². The van der Waals surface area contributed by atoms with Crippen molar-refractivity contribution in [1.82, 2.24) is 15.2 Å². The molecule has 0 radical (unpaired) electrons. The van der Waals surface area contributed by atoms with E-state index in [2.05, 4.69) is 46.4 Å². The van der Waals surface area contributed by atoms with Gasteiger partial charge in [0.1, 0.15) is 0 Å². The van der Waals surface area contributed by atoms with E-state index in [1.807, 2.05) is 0 Å². The van der Waals surface area contributed by atoms with Crippen LogP contribution in [-0.2, 0) is 11.2 Å². The standard InChI is InChI=1S/C24H33N3O/c1-2-24(16-21(28)25-17-8-3-4-9-17)13-7-14-27-15-12-19-18-10-5-6-11-20(18)26-22(19)23(24)27/h5-6,10-11,17,23,26H,2-4,7-9,12-16H2,1H3,(H,25,28)/t23-,24+/m1/s1. The van der Waals surface area contributed by atoms with Crippen LogP contribution in [0.2, 0.25) is 0 Å². The smallest absolute Gasteiger partial charge is 0.220 e. The Hall–Kier alpha value is -1.81. The molecular formula is C24H33N3O. The number of H-pyrrole nitrogens is 1. The van der Waals surface area contributed by atoms with Crippen molar-refractivity contribution < 1.29 is 4.79 Å². The molecule has 2 aromatic rings. The molecule has 1 aromatic heterocycles. The lowest BCUT2D eigenvalue weighted by molar-refractivity contribution is -0.127. The molecule has 1 amide bonds. The van der Waals surface area contributed by atoms with Crippen LogP contribution in [-0.4, -0.2) is 34.9 Å². The molecule has 5 rings (SSSR count). The molecule has 0 bridgehead atoms. The van der Waals surface area contributed by atoms with Gasteiger partial charge in [-0.3, -0.25) is 9.69 Å². The molecule has 3 aliphatic rings. The van der Waals surface area contributed by atoms with E-state index in [9.17, 15) is 4.79 Å². The third-order valence-electron chi connectivity index (χ3n) is 7.77. The molecule has 4 heteroatoms. The van der Waals surface area contributed by atoms with E-state index in [0.29, 0.717) is 18.5 Å². The normalized spacial score (nSPS) is 28.2. The quantitative estimate of drug-likeness (QED) is 0.808. The van der Waals surface area contributed by atoms with Crippen molar-refractivity contribution >= 4 is 16.8 Å². The number of rotatable bonds is 4. The molecule has 2 aliphatic heterocycles. The SMILES string of the molecule is CC[C@@]1(CC(=O)NC2CCCC2)CCCN2CCc3c([nH]c4ccccc34)[C@@H]21. The molecule has 1 aliphatic carbocycles. The van der Waals surface area contributed by atoms with E-state index < -0.39 is 0 Å². The van der Waals surface area contributed by atoms with Gasteiger partial charge in [-0.1, -0.05) is 38.0 Å². The highest BCUT2D eigenvalue weighted by atomic mass is 16.1. The van der Waals surface area contributed by atoms with Crippen molar-refractivity contribution in [2.45, 2.75) is 76.8 Å². The Kier molecular flexibility index (Phi) is 4.70. The lowest BCUT2D eigenvalue weighted by Gasteiger charge is -2.51. The third-order valence-corrected chi connectivity index (χ3v) is 7.77. The summed E-state index contributed by atoms with van der Waals surface area (Å²) in [4.78, 5) is 19.5. The van der Waals surface area contributed by atoms with Crippen molar-refractivity contribution in [2.24, 2.45) is 5.41 Å². The first-order valence-electron chi connectivity index (χ1n) is 11.3. The van der Waals surface area contributed by atoms with Crippen molar-refractivity contribution in [3.05, 3.63) is 35.5 Å². The van der Waals surface area contributed by atoms with Crippen LogP contribution in [0.3, 0.4) is 0 Å². The molecule has 2 atom stereocenters. The van der Waals surface area contributed by atoms with Gasteiger partial charge in [0, 0.05) is 41.0 Å². The molecular weight excluding hydrogens is 346 g/mol. The fraction of sp³-hybridized carbons (Fsp3) is 0.625. The predicted octanol–water partition coefficient (Wildman–Crippen LogP) is 4.71. The topological polar surface area (TPSA) is 48.1 Å². The Morgan fingerprint density at radius 3 is 2.86 bits per heavy atom. The van der Waals surface area contributed by atoms with Gasteiger partial charge in [-0.2, -0.15) is 0 Å². The Balaban J connectivity index is 1.49. The number of amides is 1. The molecule has 3 heterocycles. The molecule has 2 fully saturated rings. The van der Waals surface area contributed by atoms with Gasteiger partial charge in [0.2, 0.25) is 5.91 Å². The molecule has 1 saturated heterocycles. The maximum Gasteiger partial charge on any atom is 0.220 e. The van der Waals surface area contributed by atoms with Crippen molar-refractivity contribution in [3.8, 4) is 0 Å². The summed E-state index contributed by atoms with van der Waals surface area (Å²) in [6, 6.07) is 9.47. The van der Waals surface area contributed by atoms with Crippen molar-refractivity contribution in [2.75, 3.05) is 13.1 Å². The molecule has 150 valence electrons. The average Bonchev–Trinajstić information content (AvgIpc) is 3.35. The highest BCUT2D eigenvalue weighted by molar-refractivity contribution is 5.85. The van der Waals surface area contributed by atoms with Crippen LogP contribution in [0.5, 0.6) is 0 Å². The summed E-state index contributed by atoms with van der Waals surface area (Å²) in [6.45, 7) is 4.57. The van der Waals surface area contributed by atoms with E-state index in [1.54, 1.807) is 0 Å². The summed E-state index contributed by atoms with van der Waals surface area (Å²) in [5, 5.41) is 4.74. The fourth-order valence-corrected chi connectivity index (χ4v) is 6.34. The van der Waals surface area contributed by atoms with Crippen molar-refractivity contribution in [1.29, 1.82) is 0 Å². The molecule has 28 heavy (non-hydrogen) atoms. The Labute approximate surface area is 168 Å². The first-order chi connectivity index (χ1) is 13.7. The number of benzene rings is 1. The Morgan fingerprint density at radius 2 is 2.04 bits per heavy atom. The first kappa shape index (κ1) is 18.2. The minimum atomic E-state index is 0.0387. The van der Waals surface area contributed by atoms with Gasteiger partial charge in [0.05, 0.1) is 6.04 Å². The van der Waals surface area contributed by atoms with E-state index >= 15 is 0 Å². The first-order valence-corrected chi connectivity index (χ1v) is 11.3. The molecule has 2 N–H and O–H groups in total. The summed E-state index contributed by atoms with van der Waals surface area (Å²) in [5.41, 5.74) is 4.17. The van der Waals surface area contributed by atoms with E-state index in [1.165, 1.54) is 41.4 Å². The third kappa shape index (κ3) is 2.97. The van der Waals surface area contributed by atoms with Gasteiger partial charge in [0.25, 0.3) is 0 Å². The second-order valence-electron chi connectivity index (χ2n) is 9.30. The zero-order valence-electron chi connectivity index (χ0n) is 17.1. The zero-order valence-corrected chi connectivity index (χ0v) is 17.1. The highest BCUT2D eigenvalue weighted by Gasteiger charge is 2.48. The molecule has 1 aromatic carbocycles. The summed E-state index contributed by atoms with van der Waals surface area (Å²) in [7, 11) is 0. The van der Waals surface area contributed by atoms with Gasteiger partial charge in [0.15, 0.2) is 0 Å². The number of piperidine rings is 1. The highest BCUT2D eigenvalue weighted by Crippen LogP contribution is 2.53. The predicted molar refractivity (Wildman–Crippen MR) is 113 cm³/mol. The maximum absolute atomic E-state index is 13.1. The van der Waals surface area contributed by atoms with Crippen LogP contribution in [0.4, 0.5) is 0 Å². The van der Waals surface area contributed by atoms with Crippen LogP contribution >= 0.6 is 0 Å². The number of hydrogen-bond acceptors (Lipinski definition) is 2. The second-order valence-corrected chi connectivity index (χ2v) is 9.30. The van der Waals surface area contributed by atoms with Crippen LogP contribution in [0, 0.1) is 5.41 Å². The van der Waals surface area contributed by atoms with Gasteiger partial charge < -0.3 is 10.3 Å². The minimum absolute atomic E-state index is 0.0387. The molecule has 1 saturated carbocycles. The average molecular weight is 380 g/mol. The van der Waals surface area contributed by atoms with Crippen LogP contribution in [0.1, 0.15) is 75.6 Å². The van der Waals surface area contributed by atoms with Gasteiger partial charge in [-0.05, 0) is 56.7 Å². The van der Waals surface area contributed by atoms with Crippen LogP contribution < -0.4 is 5.32 Å². The monoisotopic (exact) mass is 379 g/mol. The number of carbonyl (C=O) groups excluding carboxylic acids is 1. The summed E-state index contributed by atoms with van der Waals surface area (Å²) in [5.74, 6) is 0.277. The lowest BCUT2D eigenvalue weighted by atomic mass is 9.66. The van der Waals surface area contributed by atoms with E-state index in [0.717, 1.165) is 45.2 Å². The maximum atomic E-state index is 13.1. The van der Waals surface area contributed by atoms with E-state index in [-0.39, 0.29) is 11.3 Å². The zero-order chi connectivity index (χ0) is 19.1. The van der Waals surface area contributed by atoms with Gasteiger partial charge in [-0.25, -0.2) is 0 Å². The number of nitrogens with zero attached hydrogens (tertiary/aromatic N) is 1. The lowest BCUT2D eigenvalue weighted by Crippen LogP contribution is -2.51. The summed E-state index contributed by atoms with van der Waals surface area (Å²) in [6.07, 6.45) is 10.0. The number of hydrogen-bond donors (Lipinski definition) is 2. The second kappa shape index (κ2) is 7.22. The molecule has 0 spiro atoms. The largest absolute Gasteiger partial charge is 0.357 e.